The summed E-state index contributed by atoms with van der Waals surface area (Å²) < 4.78 is 5.64. The molecule has 0 saturated carbocycles. The predicted molar refractivity (Wildman–Crippen MR) is 96.5 cm³/mol. The first-order valence-corrected chi connectivity index (χ1v) is 8.96. The number of aryl methyl sites for hydroxylation is 1. The van der Waals surface area contributed by atoms with E-state index in [9.17, 15) is 9.59 Å². The molecule has 8 heteroatoms. The Morgan fingerprint density at radius 1 is 1.32 bits per heavy atom. The predicted octanol–water partition coefficient (Wildman–Crippen LogP) is 3.62. The molecule has 0 aliphatic carbocycles. The maximum absolute atomic E-state index is 12.6. The highest BCUT2D eigenvalue weighted by molar-refractivity contribution is 7.13. The van der Waals surface area contributed by atoms with E-state index in [-0.39, 0.29) is 19.1 Å². The van der Waals surface area contributed by atoms with Crippen LogP contribution < -0.4 is 4.74 Å². The molecule has 0 atom stereocenters. The molecular formula is C17H19ClN2O4S. The average molecular weight is 383 g/mol. The second-order valence-corrected chi connectivity index (χ2v) is 6.91. The van der Waals surface area contributed by atoms with Gasteiger partial charge in [0.05, 0.1) is 5.69 Å². The summed E-state index contributed by atoms with van der Waals surface area (Å²) in [5, 5.41) is 10.3. The van der Waals surface area contributed by atoms with E-state index in [0.717, 1.165) is 0 Å². The van der Waals surface area contributed by atoms with Crippen molar-refractivity contribution in [2.75, 3.05) is 13.1 Å². The molecule has 2 rings (SSSR count). The first kappa shape index (κ1) is 19.2. The molecule has 1 N–H and O–H groups in total. The highest BCUT2D eigenvalue weighted by Crippen LogP contribution is 2.23. The van der Waals surface area contributed by atoms with Gasteiger partial charge in [0.2, 0.25) is 0 Å². The molecule has 0 radical (unpaired) electrons. The lowest BCUT2D eigenvalue weighted by Crippen LogP contribution is -2.36. The Labute approximate surface area is 155 Å². The van der Waals surface area contributed by atoms with Crippen LogP contribution in [0.25, 0.3) is 0 Å². The van der Waals surface area contributed by atoms with Gasteiger partial charge in [-0.1, -0.05) is 18.5 Å². The van der Waals surface area contributed by atoms with Gasteiger partial charge < -0.3 is 14.7 Å². The second kappa shape index (κ2) is 8.82. The summed E-state index contributed by atoms with van der Waals surface area (Å²) in [7, 11) is 0. The lowest BCUT2D eigenvalue weighted by atomic mass is 10.3. The molecule has 2 aromatic rings. The van der Waals surface area contributed by atoms with Crippen molar-refractivity contribution in [3.05, 3.63) is 44.9 Å². The fourth-order valence-corrected chi connectivity index (χ4v) is 3.29. The standard InChI is InChI=1S/C17H19ClN2O4S/c1-3-8-20(9-15(21)22)17(23)16-11(2)19-14(25-16)10-24-13-6-4-12(18)5-7-13/h4-7H,3,8-10H2,1-2H3,(H,21,22). The molecule has 1 heterocycles. The maximum atomic E-state index is 12.6. The van der Waals surface area contributed by atoms with Gasteiger partial charge >= 0.3 is 5.97 Å². The van der Waals surface area contributed by atoms with Gasteiger partial charge in [-0.25, -0.2) is 4.98 Å². The van der Waals surface area contributed by atoms with E-state index in [1.807, 2.05) is 6.92 Å². The molecule has 1 aromatic heterocycles. The van der Waals surface area contributed by atoms with Gasteiger partial charge in [0, 0.05) is 11.6 Å². The Morgan fingerprint density at radius 3 is 2.60 bits per heavy atom. The molecule has 0 bridgehead atoms. The Balaban J connectivity index is 2.08. The zero-order valence-corrected chi connectivity index (χ0v) is 15.6. The summed E-state index contributed by atoms with van der Waals surface area (Å²) in [4.78, 5) is 29.7. The maximum Gasteiger partial charge on any atom is 0.323 e. The average Bonchev–Trinajstić information content (AvgIpc) is 2.94. The number of aliphatic carboxylic acids is 1. The van der Waals surface area contributed by atoms with Crippen LogP contribution in [0, 0.1) is 6.92 Å². The molecular weight excluding hydrogens is 364 g/mol. The number of aromatic nitrogens is 1. The highest BCUT2D eigenvalue weighted by atomic mass is 35.5. The monoisotopic (exact) mass is 382 g/mol. The number of amides is 1. The van der Waals surface area contributed by atoms with Gasteiger partial charge in [0.25, 0.3) is 5.91 Å². The summed E-state index contributed by atoms with van der Waals surface area (Å²) in [5.74, 6) is -0.684. The Bertz CT molecular complexity index is 746. The third-order valence-corrected chi connectivity index (χ3v) is 4.69. The van der Waals surface area contributed by atoms with Crippen LogP contribution in [0.5, 0.6) is 5.75 Å². The number of carboxylic acid groups (broad SMARTS) is 1. The number of benzene rings is 1. The minimum absolute atomic E-state index is 0.229. The van der Waals surface area contributed by atoms with Crippen LogP contribution in [-0.2, 0) is 11.4 Å². The largest absolute Gasteiger partial charge is 0.486 e. The summed E-state index contributed by atoms with van der Waals surface area (Å²) in [6, 6.07) is 6.97. The second-order valence-electron chi connectivity index (χ2n) is 5.39. The van der Waals surface area contributed by atoms with Crippen LogP contribution in [0.2, 0.25) is 5.02 Å². The van der Waals surface area contributed by atoms with Gasteiger partial charge in [0.15, 0.2) is 0 Å². The van der Waals surface area contributed by atoms with E-state index in [0.29, 0.717) is 39.3 Å². The van der Waals surface area contributed by atoms with Crippen molar-refractivity contribution in [2.24, 2.45) is 0 Å². The topological polar surface area (TPSA) is 79.7 Å². The summed E-state index contributed by atoms with van der Waals surface area (Å²) in [6.07, 6.45) is 0.684. The smallest absolute Gasteiger partial charge is 0.323 e. The fraction of sp³-hybridized carbons (Fsp3) is 0.353. The quantitative estimate of drug-likeness (QED) is 0.754. The highest BCUT2D eigenvalue weighted by Gasteiger charge is 2.22. The van der Waals surface area contributed by atoms with Gasteiger partial charge in [-0.15, -0.1) is 11.3 Å². The van der Waals surface area contributed by atoms with Crippen LogP contribution in [0.15, 0.2) is 24.3 Å². The Hall–Kier alpha value is -2.12. The minimum atomic E-state index is -1.03. The first-order chi connectivity index (χ1) is 11.9. The molecule has 25 heavy (non-hydrogen) atoms. The number of nitrogens with zero attached hydrogens (tertiary/aromatic N) is 2. The third kappa shape index (κ3) is 5.44. The lowest BCUT2D eigenvalue weighted by molar-refractivity contribution is -0.137. The van der Waals surface area contributed by atoms with Crippen LogP contribution in [0.3, 0.4) is 0 Å². The molecule has 0 saturated heterocycles. The summed E-state index contributed by atoms with van der Waals surface area (Å²) in [6.45, 7) is 3.93. The van der Waals surface area contributed by atoms with Crippen molar-refractivity contribution in [2.45, 2.75) is 26.9 Å². The molecule has 1 aromatic carbocycles. The number of carbonyl (C=O) groups is 2. The van der Waals surface area contributed by atoms with E-state index in [1.165, 1.54) is 16.2 Å². The number of carbonyl (C=O) groups excluding carboxylic acids is 1. The van der Waals surface area contributed by atoms with Crippen LogP contribution in [0.1, 0.15) is 33.7 Å². The molecule has 134 valence electrons. The number of carboxylic acids is 1. The number of hydrogen-bond acceptors (Lipinski definition) is 5. The lowest BCUT2D eigenvalue weighted by Gasteiger charge is -2.19. The zero-order valence-electron chi connectivity index (χ0n) is 14.0. The molecule has 6 nitrogen and oxygen atoms in total. The number of rotatable bonds is 8. The van der Waals surface area contributed by atoms with E-state index in [2.05, 4.69) is 4.98 Å². The molecule has 1 amide bonds. The third-order valence-electron chi connectivity index (χ3n) is 3.32. The number of hydrogen-bond donors (Lipinski definition) is 1. The van der Waals surface area contributed by atoms with Crippen molar-refractivity contribution in [1.82, 2.24) is 9.88 Å². The van der Waals surface area contributed by atoms with Crippen molar-refractivity contribution < 1.29 is 19.4 Å². The van der Waals surface area contributed by atoms with Crippen molar-refractivity contribution >= 4 is 34.8 Å². The van der Waals surface area contributed by atoms with E-state index >= 15 is 0 Å². The van der Waals surface area contributed by atoms with Gasteiger partial charge in [-0.3, -0.25) is 9.59 Å². The van der Waals surface area contributed by atoms with E-state index in [1.54, 1.807) is 31.2 Å². The van der Waals surface area contributed by atoms with Crippen LogP contribution in [0.4, 0.5) is 0 Å². The molecule has 0 aliphatic heterocycles. The van der Waals surface area contributed by atoms with Gasteiger partial charge in [-0.2, -0.15) is 0 Å². The number of halogens is 1. The molecule has 0 unspecified atom stereocenters. The number of ether oxygens (including phenoxy) is 1. The van der Waals surface area contributed by atoms with E-state index in [4.69, 9.17) is 21.4 Å². The first-order valence-electron chi connectivity index (χ1n) is 7.76. The summed E-state index contributed by atoms with van der Waals surface area (Å²) in [5.41, 5.74) is 0.580. The van der Waals surface area contributed by atoms with Crippen molar-refractivity contribution in [1.29, 1.82) is 0 Å². The molecule has 0 fully saturated rings. The van der Waals surface area contributed by atoms with E-state index < -0.39 is 5.97 Å². The Kier molecular flexibility index (Phi) is 6.78. The van der Waals surface area contributed by atoms with Crippen molar-refractivity contribution in [3.8, 4) is 5.75 Å². The normalized spacial score (nSPS) is 10.5. The Morgan fingerprint density at radius 2 is 2.00 bits per heavy atom. The van der Waals surface area contributed by atoms with Gasteiger partial charge in [-0.05, 0) is 37.6 Å². The SMILES string of the molecule is CCCN(CC(=O)O)C(=O)c1sc(COc2ccc(Cl)cc2)nc1C. The zero-order chi connectivity index (χ0) is 18.4. The van der Waals surface area contributed by atoms with Gasteiger partial charge in [0.1, 0.15) is 28.8 Å². The number of thiazole rings is 1. The molecule has 0 aliphatic rings. The van der Waals surface area contributed by atoms with Crippen LogP contribution in [-0.4, -0.2) is 40.0 Å². The fourth-order valence-electron chi connectivity index (χ4n) is 2.22. The minimum Gasteiger partial charge on any atom is -0.486 e. The molecule has 0 spiro atoms. The van der Waals surface area contributed by atoms with Crippen molar-refractivity contribution in [3.63, 3.8) is 0 Å². The van der Waals surface area contributed by atoms with Crippen LogP contribution >= 0.6 is 22.9 Å². The summed E-state index contributed by atoms with van der Waals surface area (Å²) >= 11 is 7.05.